The third-order valence-corrected chi connectivity index (χ3v) is 4.59. The molecule has 4 nitrogen and oxygen atoms in total. The summed E-state index contributed by atoms with van der Waals surface area (Å²) < 4.78 is 2.08. The number of carbonyl (C=O) groups excluding carboxylic acids is 1. The summed E-state index contributed by atoms with van der Waals surface area (Å²) in [4.78, 5) is 18.9. The van der Waals surface area contributed by atoms with Crippen LogP contribution in [0.3, 0.4) is 0 Å². The summed E-state index contributed by atoms with van der Waals surface area (Å²) in [5, 5.41) is 0. The summed E-state index contributed by atoms with van der Waals surface area (Å²) in [6.45, 7) is 3.55. The molecule has 1 atom stereocenters. The van der Waals surface area contributed by atoms with Crippen molar-refractivity contribution < 1.29 is 4.79 Å². The number of aryl methyl sites for hydroxylation is 2. The van der Waals surface area contributed by atoms with Gasteiger partial charge in [0.15, 0.2) is 0 Å². The SMILES string of the molecule is CCn1ccnc1CN(C)C(=O)C1CCc2ccccc2C1. The molecule has 2 aromatic rings. The Bertz CT molecular complexity index is 662. The van der Waals surface area contributed by atoms with Crippen LogP contribution in [0.15, 0.2) is 36.7 Å². The average molecular weight is 297 g/mol. The largest absolute Gasteiger partial charge is 0.338 e. The minimum absolute atomic E-state index is 0.102. The molecule has 1 aromatic carbocycles. The van der Waals surface area contributed by atoms with Crippen molar-refractivity contribution >= 4 is 5.91 Å². The van der Waals surface area contributed by atoms with Crippen molar-refractivity contribution in [2.24, 2.45) is 5.92 Å². The highest BCUT2D eigenvalue weighted by molar-refractivity contribution is 5.79. The first-order chi connectivity index (χ1) is 10.7. The van der Waals surface area contributed by atoms with Crippen LogP contribution in [0.5, 0.6) is 0 Å². The molecule has 1 amide bonds. The molecule has 0 spiro atoms. The number of hydrogen-bond acceptors (Lipinski definition) is 2. The van der Waals surface area contributed by atoms with E-state index >= 15 is 0 Å². The Labute approximate surface area is 131 Å². The molecule has 4 heteroatoms. The number of amides is 1. The van der Waals surface area contributed by atoms with Crippen LogP contribution in [0.4, 0.5) is 0 Å². The van der Waals surface area contributed by atoms with E-state index in [9.17, 15) is 4.79 Å². The van der Waals surface area contributed by atoms with E-state index in [1.165, 1.54) is 11.1 Å². The maximum absolute atomic E-state index is 12.7. The van der Waals surface area contributed by atoms with E-state index in [0.717, 1.165) is 31.6 Å². The molecule has 0 aliphatic heterocycles. The van der Waals surface area contributed by atoms with Gasteiger partial charge in [0.05, 0.1) is 6.54 Å². The molecule has 0 saturated carbocycles. The maximum atomic E-state index is 12.7. The fraction of sp³-hybridized carbons (Fsp3) is 0.444. The van der Waals surface area contributed by atoms with E-state index in [2.05, 4.69) is 40.7 Å². The van der Waals surface area contributed by atoms with Crippen LogP contribution in [-0.2, 0) is 30.7 Å². The number of rotatable bonds is 4. The second-order valence-corrected chi connectivity index (χ2v) is 6.03. The van der Waals surface area contributed by atoms with Gasteiger partial charge in [0, 0.05) is 31.9 Å². The highest BCUT2D eigenvalue weighted by Gasteiger charge is 2.27. The Morgan fingerprint density at radius 3 is 2.91 bits per heavy atom. The monoisotopic (exact) mass is 297 g/mol. The Morgan fingerprint density at radius 1 is 1.36 bits per heavy atom. The topological polar surface area (TPSA) is 38.1 Å². The minimum atomic E-state index is 0.102. The molecule has 1 heterocycles. The van der Waals surface area contributed by atoms with Crippen LogP contribution in [-0.4, -0.2) is 27.4 Å². The van der Waals surface area contributed by atoms with Crippen molar-refractivity contribution in [3.8, 4) is 0 Å². The lowest BCUT2D eigenvalue weighted by molar-refractivity contribution is -0.135. The van der Waals surface area contributed by atoms with E-state index in [-0.39, 0.29) is 11.8 Å². The van der Waals surface area contributed by atoms with Crippen molar-refractivity contribution in [1.82, 2.24) is 14.5 Å². The smallest absolute Gasteiger partial charge is 0.226 e. The lowest BCUT2D eigenvalue weighted by Crippen LogP contribution is -2.36. The quantitative estimate of drug-likeness (QED) is 0.870. The standard InChI is InChI=1S/C18H23N3O/c1-3-21-11-10-19-17(21)13-20(2)18(22)16-9-8-14-6-4-5-7-15(14)12-16/h4-7,10-11,16H,3,8-9,12-13H2,1-2H3. The van der Waals surface area contributed by atoms with E-state index in [0.29, 0.717) is 6.54 Å². The molecule has 3 rings (SSSR count). The van der Waals surface area contributed by atoms with Crippen molar-refractivity contribution in [3.63, 3.8) is 0 Å². The van der Waals surface area contributed by atoms with Gasteiger partial charge in [-0.15, -0.1) is 0 Å². The van der Waals surface area contributed by atoms with Gasteiger partial charge in [0.25, 0.3) is 0 Å². The summed E-state index contributed by atoms with van der Waals surface area (Å²) in [6.07, 6.45) is 6.58. The molecule has 0 radical (unpaired) electrons. The van der Waals surface area contributed by atoms with Gasteiger partial charge in [-0.25, -0.2) is 4.98 Å². The Morgan fingerprint density at radius 2 is 2.14 bits per heavy atom. The third-order valence-electron chi connectivity index (χ3n) is 4.59. The van der Waals surface area contributed by atoms with Crippen LogP contribution in [0.2, 0.25) is 0 Å². The number of aromatic nitrogens is 2. The van der Waals surface area contributed by atoms with Crippen LogP contribution in [0.25, 0.3) is 0 Å². The highest BCUT2D eigenvalue weighted by Crippen LogP contribution is 2.26. The average Bonchev–Trinajstić information content (AvgIpc) is 3.00. The van der Waals surface area contributed by atoms with Gasteiger partial charge >= 0.3 is 0 Å². The molecule has 0 bridgehead atoms. The second kappa shape index (κ2) is 6.34. The van der Waals surface area contributed by atoms with E-state index in [1.807, 2.05) is 18.1 Å². The van der Waals surface area contributed by atoms with E-state index < -0.39 is 0 Å². The first-order valence-corrected chi connectivity index (χ1v) is 8.00. The summed E-state index contributed by atoms with van der Waals surface area (Å²) in [5.74, 6) is 1.29. The zero-order chi connectivity index (χ0) is 15.5. The third kappa shape index (κ3) is 2.91. The Balaban J connectivity index is 1.67. The second-order valence-electron chi connectivity index (χ2n) is 6.03. The van der Waals surface area contributed by atoms with Gasteiger partial charge in [-0.2, -0.15) is 0 Å². The van der Waals surface area contributed by atoms with Gasteiger partial charge in [0.2, 0.25) is 5.91 Å². The first kappa shape index (κ1) is 14.8. The van der Waals surface area contributed by atoms with Crippen molar-refractivity contribution in [1.29, 1.82) is 0 Å². The molecule has 0 fully saturated rings. The van der Waals surface area contributed by atoms with E-state index in [4.69, 9.17) is 0 Å². The normalized spacial score (nSPS) is 17.1. The predicted molar refractivity (Wildman–Crippen MR) is 86.3 cm³/mol. The molecule has 1 aliphatic carbocycles. The van der Waals surface area contributed by atoms with Crippen molar-refractivity contribution in [2.75, 3.05) is 7.05 Å². The van der Waals surface area contributed by atoms with Crippen LogP contribution >= 0.6 is 0 Å². The summed E-state index contributed by atoms with van der Waals surface area (Å²) in [5.41, 5.74) is 2.73. The fourth-order valence-electron chi connectivity index (χ4n) is 3.29. The highest BCUT2D eigenvalue weighted by atomic mass is 16.2. The molecule has 1 unspecified atom stereocenters. The van der Waals surface area contributed by atoms with Crippen molar-refractivity contribution in [2.45, 2.75) is 39.3 Å². The number of benzene rings is 1. The molecule has 1 aliphatic rings. The molecule has 1 aromatic heterocycles. The molecular weight excluding hydrogens is 274 g/mol. The minimum Gasteiger partial charge on any atom is -0.338 e. The predicted octanol–water partition coefficient (Wildman–Crippen LogP) is 2.67. The van der Waals surface area contributed by atoms with Gasteiger partial charge in [-0.05, 0) is 37.3 Å². The summed E-state index contributed by atoms with van der Waals surface area (Å²) >= 11 is 0. The number of fused-ring (bicyclic) bond motifs is 1. The zero-order valence-corrected chi connectivity index (χ0v) is 13.3. The molecule has 22 heavy (non-hydrogen) atoms. The zero-order valence-electron chi connectivity index (χ0n) is 13.3. The van der Waals surface area contributed by atoms with Gasteiger partial charge in [-0.1, -0.05) is 24.3 Å². The Hall–Kier alpha value is -2.10. The van der Waals surface area contributed by atoms with Gasteiger partial charge < -0.3 is 9.47 Å². The molecule has 0 saturated heterocycles. The van der Waals surface area contributed by atoms with Gasteiger partial charge in [0.1, 0.15) is 5.82 Å². The van der Waals surface area contributed by atoms with Crippen molar-refractivity contribution in [3.05, 3.63) is 53.6 Å². The summed E-state index contributed by atoms with van der Waals surface area (Å²) in [6, 6.07) is 8.47. The van der Waals surface area contributed by atoms with Crippen LogP contribution in [0.1, 0.15) is 30.3 Å². The van der Waals surface area contributed by atoms with Crippen LogP contribution < -0.4 is 0 Å². The lowest BCUT2D eigenvalue weighted by Gasteiger charge is -2.28. The molecular formula is C18H23N3O. The summed E-state index contributed by atoms with van der Waals surface area (Å²) in [7, 11) is 1.89. The Kier molecular flexibility index (Phi) is 4.27. The van der Waals surface area contributed by atoms with E-state index in [1.54, 1.807) is 6.20 Å². The fourth-order valence-corrected chi connectivity index (χ4v) is 3.29. The maximum Gasteiger partial charge on any atom is 0.226 e. The number of carbonyl (C=O) groups is 1. The number of nitrogens with zero attached hydrogens (tertiary/aromatic N) is 3. The lowest BCUT2D eigenvalue weighted by atomic mass is 9.83. The van der Waals surface area contributed by atoms with Crippen LogP contribution in [0, 0.1) is 5.92 Å². The van der Waals surface area contributed by atoms with Gasteiger partial charge in [-0.3, -0.25) is 4.79 Å². The number of hydrogen-bond donors (Lipinski definition) is 0. The molecule has 0 N–H and O–H groups in total. The molecule has 116 valence electrons. The number of imidazole rings is 1. The first-order valence-electron chi connectivity index (χ1n) is 8.00.